The van der Waals surface area contributed by atoms with E-state index < -0.39 is 5.91 Å². The molecular weight excluding hydrogens is 773 g/mol. The van der Waals surface area contributed by atoms with Gasteiger partial charge < -0.3 is 36.5 Å². The Hall–Kier alpha value is -6.83. The molecule has 5 rings (SSSR count). The number of esters is 2. The van der Waals surface area contributed by atoms with Crippen LogP contribution in [-0.4, -0.2) is 51.9 Å². The fourth-order valence-corrected chi connectivity index (χ4v) is 6.29. The number of amides is 2. The molecule has 0 aliphatic heterocycles. The second-order valence-electron chi connectivity index (χ2n) is 14.8. The van der Waals surface area contributed by atoms with Crippen molar-refractivity contribution < 1.29 is 28.7 Å². The number of nitrogens with two attached hydrogens (primary N) is 1. The number of anilines is 7. The van der Waals surface area contributed by atoms with Crippen molar-refractivity contribution in [2.24, 2.45) is 17.6 Å². The van der Waals surface area contributed by atoms with Gasteiger partial charge in [0.05, 0.1) is 24.3 Å². The lowest BCUT2D eigenvalue weighted by molar-refractivity contribution is 0.0419. The molecule has 0 saturated carbocycles. The summed E-state index contributed by atoms with van der Waals surface area (Å²) in [5.74, 6) is -0.390. The Morgan fingerprint density at radius 2 is 0.852 bits per heavy atom. The number of carbonyl (C=O) groups excluding carboxylic acids is 4. The van der Waals surface area contributed by atoms with Gasteiger partial charge >= 0.3 is 11.9 Å². The van der Waals surface area contributed by atoms with Gasteiger partial charge in [-0.15, -0.1) is 0 Å². The zero-order valence-corrected chi connectivity index (χ0v) is 35.3. The molecule has 0 spiro atoms. The Morgan fingerprint density at radius 1 is 0.508 bits per heavy atom. The Balaban J connectivity index is 1.24. The maximum atomic E-state index is 13.1. The van der Waals surface area contributed by atoms with Gasteiger partial charge in [0.15, 0.2) is 0 Å². The highest BCUT2D eigenvalue weighted by atomic mass is 16.5. The quantitative estimate of drug-likeness (QED) is 0.0391. The van der Waals surface area contributed by atoms with Crippen molar-refractivity contribution in [2.75, 3.05) is 34.5 Å². The molecule has 0 saturated heterocycles. The number of carbonyl (C=O) groups is 4. The molecule has 2 atom stereocenters. The molecule has 2 unspecified atom stereocenters. The van der Waals surface area contributed by atoms with Crippen LogP contribution in [0.4, 0.5) is 40.6 Å². The standard InChI is InChI=1S/C47H56N8O6/c1-5-9-11-31(7-3)29-60-43(58)35-17-25-37(26-18-35)49-42(57)34-15-23-39(24-16-34)51-46-53-45(50-38-21-13-33(14-22-38)41(48)56)54-47(55-46)52-40-27-19-36(20-28-40)44(59)61-30-32(8-4)12-10-6-2/h13-28,31-32H,5-12,29-30H2,1-4H3,(H2,48,56)(H,49,57)(H3,50,51,52,53,54,55). The first-order valence-electron chi connectivity index (χ1n) is 21.0. The highest BCUT2D eigenvalue weighted by Gasteiger charge is 2.16. The molecular formula is C47H56N8O6. The van der Waals surface area contributed by atoms with Crippen molar-refractivity contribution in [3.05, 3.63) is 119 Å². The summed E-state index contributed by atoms with van der Waals surface area (Å²) in [4.78, 5) is 63.8. The highest BCUT2D eigenvalue weighted by Crippen LogP contribution is 2.23. The lowest BCUT2D eigenvalue weighted by Crippen LogP contribution is -2.14. The van der Waals surface area contributed by atoms with Gasteiger partial charge in [-0.25, -0.2) is 9.59 Å². The molecule has 320 valence electrons. The van der Waals surface area contributed by atoms with Crippen LogP contribution in [0.2, 0.25) is 0 Å². The van der Waals surface area contributed by atoms with Crippen LogP contribution in [0.1, 0.15) is 120 Å². The molecule has 0 fully saturated rings. The van der Waals surface area contributed by atoms with Gasteiger partial charge in [0.2, 0.25) is 23.8 Å². The van der Waals surface area contributed by atoms with Crippen LogP contribution in [0.15, 0.2) is 97.1 Å². The summed E-state index contributed by atoms with van der Waals surface area (Å²) in [6.07, 6.45) is 8.39. The average molecular weight is 829 g/mol. The van der Waals surface area contributed by atoms with Crippen molar-refractivity contribution >= 4 is 64.3 Å². The fourth-order valence-electron chi connectivity index (χ4n) is 6.29. The minimum absolute atomic E-state index is 0.185. The van der Waals surface area contributed by atoms with E-state index in [0.717, 1.165) is 51.4 Å². The average Bonchev–Trinajstić information content (AvgIpc) is 3.27. The van der Waals surface area contributed by atoms with Crippen molar-refractivity contribution in [3.8, 4) is 0 Å². The molecule has 0 aliphatic rings. The zero-order valence-electron chi connectivity index (χ0n) is 35.3. The van der Waals surface area contributed by atoms with Crippen molar-refractivity contribution in [2.45, 2.75) is 79.1 Å². The van der Waals surface area contributed by atoms with Gasteiger partial charge in [-0.1, -0.05) is 66.2 Å². The van der Waals surface area contributed by atoms with E-state index >= 15 is 0 Å². The van der Waals surface area contributed by atoms with Gasteiger partial charge in [0.1, 0.15) is 0 Å². The van der Waals surface area contributed by atoms with E-state index in [2.05, 4.69) is 63.9 Å². The molecule has 0 radical (unpaired) electrons. The Morgan fingerprint density at radius 3 is 1.20 bits per heavy atom. The Labute approximate surface area is 357 Å². The zero-order chi connectivity index (χ0) is 43.6. The summed E-state index contributed by atoms with van der Waals surface area (Å²) in [6, 6.07) is 26.7. The van der Waals surface area contributed by atoms with Crippen LogP contribution in [0.3, 0.4) is 0 Å². The number of nitrogens with zero attached hydrogens (tertiary/aromatic N) is 3. The van der Waals surface area contributed by atoms with Crippen LogP contribution < -0.4 is 27.0 Å². The van der Waals surface area contributed by atoms with Crippen LogP contribution in [0.5, 0.6) is 0 Å². The van der Waals surface area contributed by atoms with E-state index in [1.165, 1.54) is 0 Å². The first-order chi connectivity index (χ1) is 29.6. The van der Waals surface area contributed by atoms with E-state index in [-0.39, 0.29) is 35.7 Å². The van der Waals surface area contributed by atoms with Crippen molar-refractivity contribution in [1.29, 1.82) is 0 Å². The lowest BCUT2D eigenvalue weighted by Gasteiger charge is -2.15. The van der Waals surface area contributed by atoms with Gasteiger partial charge in [-0.2, -0.15) is 15.0 Å². The van der Waals surface area contributed by atoms with Crippen LogP contribution in [0, 0.1) is 11.8 Å². The van der Waals surface area contributed by atoms with Crippen molar-refractivity contribution in [3.63, 3.8) is 0 Å². The molecule has 6 N–H and O–H groups in total. The number of unbranched alkanes of at least 4 members (excludes halogenated alkanes) is 2. The predicted octanol–water partition coefficient (Wildman–Crippen LogP) is 10.2. The molecule has 61 heavy (non-hydrogen) atoms. The predicted molar refractivity (Wildman–Crippen MR) is 239 cm³/mol. The number of aromatic nitrogens is 3. The molecule has 14 heteroatoms. The largest absolute Gasteiger partial charge is 0.462 e. The minimum Gasteiger partial charge on any atom is -0.462 e. The maximum absolute atomic E-state index is 13.1. The monoisotopic (exact) mass is 828 g/mol. The van der Waals surface area contributed by atoms with Crippen LogP contribution in [-0.2, 0) is 9.47 Å². The van der Waals surface area contributed by atoms with Gasteiger partial charge in [0, 0.05) is 33.9 Å². The first kappa shape index (κ1) is 45.3. The molecule has 4 aromatic carbocycles. The van der Waals surface area contributed by atoms with Crippen LogP contribution >= 0.6 is 0 Å². The maximum Gasteiger partial charge on any atom is 0.338 e. The topological polar surface area (TPSA) is 200 Å². The van der Waals surface area contributed by atoms with E-state index in [4.69, 9.17) is 15.2 Å². The summed E-state index contributed by atoms with van der Waals surface area (Å²) < 4.78 is 11.2. The number of hydrogen-bond donors (Lipinski definition) is 5. The Kier molecular flexibility index (Phi) is 17.1. The number of ether oxygens (including phenoxy) is 2. The molecule has 5 aromatic rings. The third-order valence-electron chi connectivity index (χ3n) is 10.2. The van der Waals surface area contributed by atoms with Crippen LogP contribution in [0.25, 0.3) is 0 Å². The SMILES string of the molecule is CCCCC(CC)COC(=O)c1ccc(NC(=O)c2ccc(Nc3nc(Nc4ccc(C(N)=O)cc4)nc(Nc4ccc(C(=O)OCC(CC)CCCC)cc4)n3)cc2)cc1. The normalized spacial score (nSPS) is 11.8. The highest BCUT2D eigenvalue weighted by molar-refractivity contribution is 6.04. The summed E-state index contributed by atoms with van der Waals surface area (Å²) in [5.41, 5.74) is 9.36. The fraction of sp³-hybridized carbons (Fsp3) is 0.340. The molecule has 14 nitrogen and oxygen atoms in total. The number of hydrogen-bond acceptors (Lipinski definition) is 12. The van der Waals surface area contributed by atoms with E-state index in [1.54, 1.807) is 97.1 Å². The second kappa shape index (κ2) is 23.1. The molecule has 2 amide bonds. The summed E-state index contributed by atoms with van der Waals surface area (Å²) in [5, 5.41) is 12.3. The molecule has 0 bridgehead atoms. The second-order valence-corrected chi connectivity index (χ2v) is 14.8. The summed E-state index contributed by atoms with van der Waals surface area (Å²) >= 11 is 0. The smallest absolute Gasteiger partial charge is 0.338 e. The third kappa shape index (κ3) is 14.2. The molecule has 0 aliphatic carbocycles. The molecule has 1 aromatic heterocycles. The first-order valence-corrected chi connectivity index (χ1v) is 21.0. The van der Waals surface area contributed by atoms with Gasteiger partial charge in [-0.05, 0) is 122 Å². The lowest BCUT2D eigenvalue weighted by atomic mass is 10.0. The number of rotatable bonds is 23. The third-order valence-corrected chi connectivity index (χ3v) is 10.2. The number of primary amides is 1. The van der Waals surface area contributed by atoms with Gasteiger partial charge in [-0.3, -0.25) is 9.59 Å². The van der Waals surface area contributed by atoms with Gasteiger partial charge in [0.25, 0.3) is 5.91 Å². The molecule has 1 heterocycles. The van der Waals surface area contributed by atoms with Crippen molar-refractivity contribution in [1.82, 2.24) is 15.0 Å². The number of benzene rings is 4. The van der Waals surface area contributed by atoms with E-state index in [1.807, 2.05) is 0 Å². The number of nitrogens with one attached hydrogen (secondary N) is 4. The minimum atomic E-state index is -0.546. The summed E-state index contributed by atoms with van der Waals surface area (Å²) in [6.45, 7) is 9.29. The van der Waals surface area contributed by atoms with E-state index in [9.17, 15) is 19.2 Å². The van der Waals surface area contributed by atoms with E-state index in [0.29, 0.717) is 70.1 Å². The Bertz CT molecular complexity index is 2200. The summed E-state index contributed by atoms with van der Waals surface area (Å²) in [7, 11) is 0.